The first kappa shape index (κ1) is 14.0. The third kappa shape index (κ3) is 2.91. The van der Waals surface area contributed by atoms with Crippen LogP contribution < -0.4 is 19.9 Å². The third-order valence-electron chi connectivity index (χ3n) is 3.37. The van der Waals surface area contributed by atoms with Gasteiger partial charge < -0.3 is 19.9 Å². The average molecular weight is 306 g/mol. The Morgan fingerprint density at radius 2 is 1.90 bits per heavy atom. The molecule has 2 N–H and O–H groups in total. The van der Waals surface area contributed by atoms with Crippen molar-refractivity contribution >= 4 is 11.6 Å². The summed E-state index contributed by atoms with van der Waals surface area (Å²) in [6.07, 6.45) is 0. The molecular weight excluding hydrogens is 290 g/mol. The molecular formula is C16H16ClNO3. The number of ether oxygens (including phenoxy) is 3. The lowest BCUT2D eigenvalue weighted by Crippen LogP contribution is -2.03. The Bertz CT molecular complexity index is 673. The highest BCUT2D eigenvalue weighted by molar-refractivity contribution is 6.31. The van der Waals surface area contributed by atoms with E-state index >= 15 is 0 Å². The number of nitrogens with two attached hydrogens (primary N) is 1. The van der Waals surface area contributed by atoms with E-state index < -0.39 is 0 Å². The molecule has 0 aliphatic carbocycles. The molecule has 1 heterocycles. The van der Waals surface area contributed by atoms with Crippen LogP contribution in [0, 0.1) is 6.92 Å². The second-order valence-corrected chi connectivity index (χ2v) is 5.31. The van der Waals surface area contributed by atoms with Gasteiger partial charge in [0.15, 0.2) is 11.5 Å². The van der Waals surface area contributed by atoms with Gasteiger partial charge in [-0.1, -0.05) is 23.7 Å². The number of halogens is 1. The van der Waals surface area contributed by atoms with Crippen molar-refractivity contribution in [3.05, 3.63) is 52.0 Å². The van der Waals surface area contributed by atoms with Crippen LogP contribution in [-0.4, -0.2) is 6.79 Å². The van der Waals surface area contributed by atoms with Gasteiger partial charge in [-0.15, -0.1) is 0 Å². The molecule has 2 aromatic carbocycles. The molecule has 0 spiro atoms. The number of fused-ring (bicyclic) bond motifs is 1. The maximum Gasteiger partial charge on any atom is 0.231 e. The zero-order valence-corrected chi connectivity index (χ0v) is 12.4. The van der Waals surface area contributed by atoms with Gasteiger partial charge in [0.1, 0.15) is 12.4 Å². The minimum atomic E-state index is 0.229. The molecule has 4 nitrogen and oxygen atoms in total. The van der Waals surface area contributed by atoms with Gasteiger partial charge in [-0.05, 0) is 24.6 Å². The summed E-state index contributed by atoms with van der Waals surface area (Å²) in [4.78, 5) is 0. The van der Waals surface area contributed by atoms with Gasteiger partial charge in [0.05, 0.1) is 0 Å². The monoisotopic (exact) mass is 305 g/mol. The SMILES string of the molecule is Cc1ccc(COc2cc3c(cc2CN)OCO3)c(Cl)c1. The van der Waals surface area contributed by atoms with Crippen LogP contribution in [-0.2, 0) is 13.2 Å². The van der Waals surface area contributed by atoms with Gasteiger partial charge in [-0.3, -0.25) is 0 Å². The van der Waals surface area contributed by atoms with Gasteiger partial charge in [0.2, 0.25) is 6.79 Å². The third-order valence-corrected chi connectivity index (χ3v) is 3.72. The van der Waals surface area contributed by atoms with Crippen molar-refractivity contribution in [3.8, 4) is 17.2 Å². The van der Waals surface area contributed by atoms with E-state index in [9.17, 15) is 0 Å². The molecule has 0 atom stereocenters. The second-order valence-electron chi connectivity index (χ2n) is 4.90. The van der Waals surface area contributed by atoms with Gasteiger partial charge in [-0.25, -0.2) is 0 Å². The Hall–Kier alpha value is -1.91. The fraction of sp³-hybridized carbons (Fsp3) is 0.250. The van der Waals surface area contributed by atoms with Gasteiger partial charge in [0, 0.05) is 28.8 Å². The normalized spacial score (nSPS) is 12.5. The highest BCUT2D eigenvalue weighted by Gasteiger charge is 2.17. The smallest absolute Gasteiger partial charge is 0.231 e. The first-order valence-corrected chi connectivity index (χ1v) is 7.05. The lowest BCUT2D eigenvalue weighted by atomic mass is 10.1. The molecule has 110 valence electrons. The van der Waals surface area contributed by atoms with E-state index in [1.54, 1.807) is 0 Å². The van der Waals surface area contributed by atoms with E-state index in [0.717, 1.165) is 16.7 Å². The van der Waals surface area contributed by atoms with Crippen LogP contribution >= 0.6 is 11.6 Å². The highest BCUT2D eigenvalue weighted by atomic mass is 35.5. The molecule has 0 unspecified atom stereocenters. The van der Waals surface area contributed by atoms with Crippen LogP contribution in [0.2, 0.25) is 5.02 Å². The van der Waals surface area contributed by atoms with Crippen molar-refractivity contribution in [2.24, 2.45) is 5.73 Å². The van der Waals surface area contributed by atoms with E-state index in [0.29, 0.717) is 35.4 Å². The molecule has 0 saturated carbocycles. The fourth-order valence-corrected chi connectivity index (χ4v) is 2.47. The van der Waals surface area contributed by atoms with Crippen LogP contribution in [0.5, 0.6) is 17.2 Å². The average Bonchev–Trinajstić information content (AvgIpc) is 2.92. The summed E-state index contributed by atoms with van der Waals surface area (Å²) >= 11 is 6.21. The number of hydrogen-bond acceptors (Lipinski definition) is 4. The van der Waals surface area contributed by atoms with Gasteiger partial charge in [0.25, 0.3) is 0 Å². The van der Waals surface area contributed by atoms with Crippen molar-refractivity contribution in [2.45, 2.75) is 20.1 Å². The standard InChI is InChI=1S/C16H16ClNO3/c1-10-2-3-11(13(17)4-10)8-19-14-6-16-15(20-9-21-16)5-12(14)7-18/h2-6H,7-9,18H2,1H3. The Morgan fingerprint density at radius 3 is 2.62 bits per heavy atom. The molecule has 5 heteroatoms. The largest absolute Gasteiger partial charge is 0.488 e. The van der Waals surface area contributed by atoms with Crippen LogP contribution in [0.3, 0.4) is 0 Å². The fourth-order valence-electron chi connectivity index (χ4n) is 2.18. The Balaban J connectivity index is 1.81. The summed E-state index contributed by atoms with van der Waals surface area (Å²) in [6, 6.07) is 9.56. The predicted molar refractivity (Wildman–Crippen MR) is 81.0 cm³/mol. The van der Waals surface area contributed by atoms with Crippen LogP contribution in [0.4, 0.5) is 0 Å². The minimum Gasteiger partial charge on any atom is -0.488 e. The molecule has 3 rings (SSSR count). The van der Waals surface area contributed by atoms with E-state index in [1.165, 1.54) is 0 Å². The maximum atomic E-state index is 6.21. The first-order valence-electron chi connectivity index (χ1n) is 6.68. The molecule has 0 fully saturated rings. The van der Waals surface area contributed by atoms with Gasteiger partial charge in [-0.2, -0.15) is 0 Å². The summed E-state index contributed by atoms with van der Waals surface area (Å²) < 4.78 is 16.6. The zero-order chi connectivity index (χ0) is 14.8. The molecule has 1 aliphatic heterocycles. The molecule has 0 aromatic heterocycles. The molecule has 0 amide bonds. The zero-order valence-electron chi connectivity index (χ0n) is 11.7. The Kier molecular flexibility index (Phi) is 3.90. The summed E-state index contributed by atoms with van der Waals surface area (Å²) in [6.45, 7) is 2.98. The second kappa shape index (κ2) is 5.84. The summed E-state index contributed by atoms with van der Waals surface area (Å²) in [5.74, 6) is 2.08. The summed E-state index contributed by atoms with van der Waals surface area (Å²) in [5.41, 5.74) is 8.69. The van der Waals surface area contributed by atoms with Gasteiger partial charge >= 0.3 is 0 Å². The van der Waals surface area contributed by atoms with Crippen molar-refractivity contribution in [1.29, 1.82) is 0 Å². The van der Waals surface area contributed by atoms with Crippen LogP contribution in [0.1, 0.15) is 16.7 Å². The summed E-state index contributed by atoms with van der Waals surface area (Å²) in [7, 11) is 0. The number of hydrogen-bond donors (Lipinski definition) is 1. The maximum absolute atomic E-state index is 6.21. The molecule has 0 radical (unpaired) electrons. The lowest BCUT2D eigenvalue weighted by Gasteiger charge is -2.12. The highest BCUT2D eigenvalue weighted by Crippen LogP contribution is 2.38. The molecule has 0 bridgehead atoms. The van der Waals surface area contributed by atoms with E-state index in [4.69, 9.17) is 31.5 Å². The minimum absolute atomic E-state index is 0.229. The Labute approximate surface area is 128 Å². The molecule has 2 aromatic rings. The number of aryl methyl sites for hydroxylation is 1. The first-order chi connectivity index (χ1) is 10.2. The predicted octanol–water partition coefficient (Wildman–Crippen LogP) is 3.41. The molecule has 0 saturated heterocycles. The van der Waals surface area contributed by atoms with Crippen molar-refractivity contribution in [2.75, 3.05) is 6.79 Å². The molecule has 1 aliphatic rings. The van der Waals surface area contributed by atoms with E-state index in [2.05, 4.69) is 0 Å². The van der Waals surface area contributed by atoms with Crippen molar-refractivity contribution in [3.63, 3.8) is 0 Å². The lowest BCUT2D eigenvalue weighted by molar-refractivity contribution is 0.173. The molecule has 21 heavy (non-hydrogen) atoms. The van der Waals surface area contributed by atoms with Crippen LogP contribution in [0.15, 0.2) is 30.3 Å². The van der Waals surface area contributed by atoms with Crippen molar-refractivity contribution in [1.82, 2.24) is 0 Å². The Morgan fingerprint density at radius 1 is 1.14 bits per heavy atom. The van der Waals surface area contributed by atoms with E-state index in [-0.39, 0.29) is 6.79 Å². The van der Waals surface area contributed by atoms with Crippen LogP contribution in [0.25, 0.3) is 0 Å². The van der Waals surface area contributed by atoms with Crippen molar-refractivity contribution < 1.29 is 14.2 Å². The number of benzene rings is 2. The topological polar surface area (TPSA) is 53.7 Å². The number of rotatable bonds is 4. The summed E-state index contributed by atoms with van der Waals surface area (Å²) in [5, 5.41) is 0.699. The van der Waals surface area contributed by atoms with E-state index in [1.807, 2.05) is 37.3 Å². The quantitative estimate of drug-likeness (QED) is 0.940.